The smallest absolute Gasteiger partial charge is 0.230 e. The van der Waals surface area contributed by atoms with Crippen molar-refractivity contribution in [1.82, 2.24) is 14.8 Å². The lowest BCUT2D eigenvalue weighted by Gasteiger charge is -2.40. The number of carbonyl (C=O) groups excluding carboxylic acids is 2. The van der Waals surface area contributed by atoms with E-state index in [1.807, 2.05) is 23.1 Å². The van der Waals surface area contributed by atoms with Crippen LogP contribution in [0.1, 0.15) is 63.5 Å². The third kappa shape index (κ3) is 4.23. The van der Waals surface area contributed by atoms with Gasteiger partial charge in [0.25, 0.3) is 0 Å². The van der Waals surface area contributed by atoms with Crippen LogP contribution >= 0.6 is 0 Å². The van der Waals surface area contributed by atoms with Crippen LogP contribution < -0.4 is 0 Å². The molecule has 0 N–H and O–H groups in total. The topological polar surface area (TPSA) is 53.5 Å². The van der Waals surface area contributed by atoms with Crippen molar-refractivity contribution in [2.24, 2.45) is 11.3 Å². The lowest BCUT2D eigenvalue weighted by molar-refractivity contribution is -0.146. The third-order valence-corrected chi connectivity index (χ3v) is 7.12. The van der Waals surface area contributed by atoms with Crippen LogP contribution in [0.15, 0.2) is 24.4 Å². The second-order valence-electron chi connectivity index (χ2n) is 9.03. The molecule has 2 aliphatic heterocycles. The van der Waals surface area contributed by atoms with Gasteiger partial charge in [-0.1, -0.05) is 38.2 Å². The van der Waals surface area contributed by atoms with Crippen molar-refractivity contribution < 1.29 is 9.59 Å². The van der Waals surface area contributed by atoms with Crippen molar-refractivity contribution in [3.63, 3.8) is 0 Å². The second kappa shape index (κ2) is 8.62. The van der Waals surface area contributed by atoms with Gasteiger partial charge in [-0.2, -0.15) is 0 Å². The van der Waals surface area contributed by atoms with Gasteiger partial charge in [-0.25, -0.2) is 0 Å². The molecule has 1 spiro atoms. The fraction of sp³-hybridized carbons (Fsp3) is 0.696. The molecule has 2 amide bonds. The van der Waals surface area contributed by atoms with E-state index in [4.69, 9.17) is 0 Å². The van der Waals surface area contributed by atoms with Gasteiger partial charge in [0.15, 0.2) is 0 Å². The highest BCUT2D eigenvalue weighted by Crippen LogP contribution is 2.40. The number of hydrogen-bond acceptors (Lipinski definition) is 3. The number of hydrogen-bond donors (Lipinski definition) is 0. The van der Waals surface area contributed by atoms with Crippen LogP contribution in [-0.4, -0.2) is 52.8 Å². The van der Waals surface area contributed by atoms with Crippen LogP contribution in [0.3, 0.4) is 0 Å². The van der Waals surface area contributed by atoms with Gasteiger partial charge in [-0.3, -0.25) is 14.6 Å². The molecule has 4 rings (SSSR count). The molecule has 1 atom stereocenters. The molecule has 0 radical (unpaired) electrons. The van der Waals surface area contributed by atoms with Crippen molar-refractivity contribution in [3.05, 3.63) is 30.1 Å². The minimum absolute atomic E-state index is 0.0997. The molecular weight excluding hydrogens is 350 g/mol. The lowest BCUT2D eigenvalue weighted by atomic mass is 9.78. The van der Waals surface area contributed by atoms with E-state index in [-0.39, 0.29) is 11.3 Å². The fourth-order valence-corrected chi connectivity index (χ4v) is 5.41. The van der Waals surface area contributed by atoms with E-state index in [0.29, 0.717) is 25.4 Å². The van der Waals surface area contributed by atoms with Crippen molar-refractivity contribution in [2.75, 3.05) is 26.2 Å². The first kappa shape index (κ1) is 19.4. The van der Waals surface area contributed by atoms with Crippen LogP contribution in [0.4, 0.5) is 0 Å². The maximum Gasteiger partial charge on any atom is 0.230 e. The average molecular weight is 384 g/mol. The van der Waals surface area contributed by atoms with E-state index in [0.717, 1.165) is 50.4 Å². The molecule has 28 heavy (non-hydrogen) atoms. The first-order valence-corrected chi connectivity index (χ1v) is 11.1. The highest BCUT2D eigenvalue weighted by atomic mass is 16.2. The van der Waals surface area contributed by atoms with Crippen LogP contribution in [0.5, 0.6) is 0 Å². The highest BCUT2D eigenvalue weighted by molar-refractivity contribution is 5.86. The molecule has 3 heterocycles. The molecule has 5 heteroatoms. The van der Waals surface area contributed by atoms with Crippen molar-refractivity contribution >= 4 is 11.8 Å². The summed E-state index contributed by atoms with van der Waals surface area (Å²) in [6.45, 7) is 3.10. The molecule has 2 saturated heterocycles. The van der Waals surface area contributed by atoms with E-state index in [2.05, 4.69) is 9.88 Å². The van der Waals surface area contributed by atoms with E-state index in [1.54, 1.807) is 6.20 Å². The summed E-state index contributed by atoms with van der Waals surface area (Å²) >= 11 is 0. The number of pyridine rings is 1. The first-order chi connectivity index (χ1) is 13.7. The predicted octanol–water partition coefficient (Wildman–Crippen LogP) is 3.44. The average Bonchev–Trinajstić information content (AvgIpc) is 3.16. The number of rotatable bonds is 5. The normalized spacial score (nSPS) is 26.2. The Morgan fingerprint density at radius 1 is 1.11 bits per heavy atom. The van der Waals surface area contributed by atoms with Gasteiger partial charge in [0.2, 0.25) is 11.8 Å². The highest BCUT2D eigenvalue weighted by Gasteiger charge is 2.49. The Balaban J connectivity index is 1.33. The van der Waals surface area contributed by atoms with Gasteiger partial charge in [0.05, 0.1) is 11.8 Å². The molecule has 1 saturated carbocycles. The van der Waals surface area contributed by atoms with Crippen LogP contribution in [-0.2, 0) is 16.0 Å². The van der Waals surface area contributed by atoms with Gasteiger partial charge in [0, 0.05) is 38.1 Å². The molecule has 1 aliphatic carbocycles. The number of likely N-dealkylation sites (tertiary alicyclic amines) is 2. The number of carbonyl (C=O) groups is 2. The summed E-state index contributed by atoms with van der Waals surface area (Å²) < 4.78 is 0. The Bertz CT molecular complexity index is 686. The van der Waals surface area contributed by atoms with Crippen molar-refractivity contribution in [2.45, 2.75) is 64.2 Å². The third-order valence-electron chi connectivity index (χ3n) is 7.12. The molecule has 152 valence electrons. The summed E-state index contributed by atoms with van der Waals surface area (Å²) in [4.78, 5) is 34.3. The molecular formula is C23H33N3O2. The zero-order valence-electron chi connectivity index (χ0n) is 16.9. The van der Waals surface area contributed by atoms with Gasteiger partial charge in [-0.15, -0.1) is 0 Å². The quantitative estimate of drug-likeness (QED) is 0.783. The summed E-state index contributed by atoms with van der Waals surface area (Å²) in [5, 5.41) is 0. The summed E-state index contributed by atoms with van der Waals surface area (Å²) in [6, 6.07) is 5.67. The van der Waals surface area contributed by atoms with E-state index < -0.39 is 0 Å². The van der Waals surface area contributed by atoms with E-state index >= 15 is 0 Å². The maximum absolute atomic E-state index is 13.3. The van der Waals surface area contributed by atoms with Crippen molar-refractivity contribution in [3.8, 4) is 0 Å². The standard InChI is InChI=1S/C23H33N3O2/c27-21(17-20-9-4-5-13-24-20)26-16-12-23(18-26)11-6-14-25(22(23)28)15-10-19-7-2-1-3-8-19/h4-5,9,13,19H,1-3,6-8,10-12,14-18H2/t23-/m1/s1. The maximum atomic E-state index is 13.3. The molecule has 5 nitrogen and oxygen atoms in total. The molecule has 1 aromatic rings. The van der Waals surface area contributed by atoms with Crippen LogP contribution in [0, 0.1) is 11.3 Å². The largest absolute Gasteiger partial charge is 0.342 e. The van der Waals surface area contributed by atoms with E-state index in [1.165, 1.54) is 32.1 Å². The molecule has 3 aliphatic rings. The van der Waals surface area contributed by atoms with Crippen LogP contribution in [0.25, 0.3) is 0 Å². The zero-order valence-corrected chi connectivity index (χ0v) is 16.9. The second-order valence-corrected chi connectivity index (χ2v) is 9.03. The molecule has 0 aromatic carbocycles. The number of piperidine rings is 1. The Morgan fingerprint density at radius 3 is 2.75 bits per heavy atom. The predicted molar refractivity (Wildman–Crippen MR) is 109 cm³/mol. The van der Waals surface area contributed by atoms with Gasteiger partial charge in [0.1, 0.15) is 0 Å². The minimum Gasteiger partial charge on any atom is -0.342 e. The monoisotopic (exact) mass is 383 g/mol. The SMILES string of the molecule is O=C(Cc1ccccn1)N1CC[C@]2(CCCN(CCC3CCCCC3)C2=O)C1. The van der Waals surface area contributed by atoms with Crippen molar-refractivity contribution in [1.29, 1.82) is 0 Å². The Kier molecular flexibility index (Phi) is 5.98. The fourth-order valence-electron chi connectivity index (χ4n) is 5.41. The zero-order chi connectivity index (χ0) is 19.4. The Morgan fingerprint density at radius 2 is 1.96 bits per heavy atom. The Labute approximate surface area is 168 Å². The van der Waals surface area contributed by atoms with E-state index in [9.17, 15) is 9.59 Å². The first-order valence-electron chi connectivity index (χ1n) is 11.1. The number of nitrogens with zero attached hydrogens (tertiary/aromatic N) is 3. The summed E-state index contributed by atoms with van der Waals surface area (Å²) in [6.07, 6.45) is 12.8. The summed E-state index contributed by atoms with van der Waals surface area (Å²) in [5.74, 6) is 1.21. The number of amides is 2. The minimum atomic E-state index is -0.329. The summed E-state index contributed by atoms with van der Waals surface area (Å²) in [5.41, 5.74) is 0.474. The molecule has 0 unspecified atom stereocenters. The molecule has 1 aromatic heterocycles. The lowest BCUT2D eigenvalue weighted by Crippen LogP contribution is -2.50. The molecule has 0 bridgehead atoms. The van der Waals surface area contributed by atoms with Gasteiger partial charge >= 0.3 is 0 Å². The van der Waals surface area contributed by atoms with Crippen LogP contribution in [0.2, 0.25) is 0 Å². The van der Waals surface area contributed by atoms with Gasteiger partial charge in [-0.05, 0) is 43.7 Å². The molecule has 3 fully saturated rings. The Hall–Kier alpha value is -1.91. The summed E-state index contributed by atoms with van der Waals surface area (Å²) in [7, 11) is 0. The van der Waals surface area contributed by atoms with Gasteiger partial charge < -0.3 is 9.80 Å². The number of aromatic nitrogens is 1.